The van der Waals surface area contributed by atoms with E-state index in [0.29, 0.717) is 25.7 Å². The molecular formula is C21H25F2N3O4S. The Bertz CT molecular complexity index is 1020. The van der Waals surface area contributed by atoms with Gasteiger partial charge < -0.3 is 14.5 Å². The van der Waals surface area contributed by atoms with E-state index in [9.17, 15) is 22.0 Å². The third kappa shape index (κ3) is 5.92. The molecule has 0 saturated carbocycles. The van der Waals surface area contributed by atoms with E-state index in [0.717, 1.165) is 36.5 Å². The predicted octanol–water partition coefficient (Wildman–Crippen LogP) is 2.38. The fraction of sp³-hybridized carbons (Fsp3) is 0.381. The van der Waals surface area contributed by atoms with E-state index in [-0.39, 0.29) is 23.8 Å². The van der Waals surface area contributed by atoms with Gasteiger partial charge in [-0.3, -0.25) is 4.79 Å². The SMILES string of the molecule is COc1ccc(N2CCCN(C(=O)CCNS(=O)(=O)c3ccc(F)c(F)c3)CC2)cc1. The second-order valence-electron chi connectivity index (χ2n) is 7.14. The minimum atomic E-state index is -4.03. The molecule has 1 heterocycles. The first kappa shape index (κ1) is 23.0. The first-order chi connectivity index (χ1) is 14.8. The third-order valence-electron chi connectivity index (χ3n) is 5.12. The van der Waals surface area contributed by atoms with Gasteiger partial charge in [0.15, 0.2) is 11.6 Å². The van der Waals surface area contributed by atoms with Crippen LogP contribution in [0.15, 0.2) is 47.4 Å². The van der Waals surface area contributed by atoms with Gasteiger partial charge in [-0.05, 0) is 48.9 Å². The van der Waals surface area contributed by atoms with Gasteiger partial charge >= 0.3 is 0 Å². The van der Waals surface area contributed by atoms with Gasteiger partial charge in [0, 0.05) is 44.8 Å². The summed E-state index contributed by atoms with van der Waals surface area (Å²) in [6.45, 7) is 2.46. The lowest BCUT2D eigenvalue weighted by atomic mass is 10.2. The number of anilines is 1. The molecule has 1 N–H and O–H groups in total. The molecule has 0 aliphatic carbocycles. The quantitative estimate of drug-likeness (QED) is 0.697. The molecule has 7 nitrogen and oxygen atoms in total. The highest BCUT2D eigenvalue weighted by Crippen LogP contribution is 2.21. The Kier molecular flexibility index (Phi) is 7.45. The van der Waals surface area contributed by atoms with Gasteiger partial charge in [0.25, 0.3) is 0 Å². The highest BCUT2D eigenvalue weighted by Gasteiger charge is 2.21. The second kappa shape index (κ2) is 10.1. The first-order valence-corrected chi connectivity index (χ1v) is 11.4. The molecule has 2 aromatic rings. The van der Waals surface area contributed by atoms with Crippen molar-refractivity contribution in [3.63, 3.8) is 0 Å². The first-order valence-electron chi connectivity index (χ1n) is 9.91. The molecule has 3 rings (SSSR count). The van der Waals surface area contributed by atoms with Crippen molar-refractivity contribution < 1.29 is 26.7 Å². The number of hydrogen-bond acceptors (Lipinski definition) is 5. The highest BCUT2D eigenvalue weighted by atomic mass is 32.2. The number of carbonyl (C=O) groups excluding carboxylic acids is 1. The maximum Gasteiger partial charge on any atom is 0.240 e. The molecule has 1 fully saturated rings. The minimum Gasteiger partial charge on any atom is -0.497 e. The second-order valence-corrected chi connectivity index (χ2v) is 8.91. The summed E-state index contributed by atoms with van der Waals surface area (Å²) in [5.41, 5.74) is 1.05. The van der Waals surface area contributed by atoms with Crippen molar-refractivity contribution in [3.05, 3.63) is 54.1 Å². The normalized spacial score (nSPS) is 14.9. The highest BCUT2D eigenvalue weighted by molar-refractivity contribution is 7.89. The number of rotatable bonds is 7. The Morgan fingerprint density at radius 3 is 2.45 bits per heavy atom. The smallest absolute Gasteiger partial charge is 0.240 e. The summed E-state index contributed by atoms with van der Waals surface area (Å²) in [5.74, 6) is -1.75. The van der Waals surface area contributed by atoms with Crippen molar-refractivity contribution >= 4 is 21.6 Å². The monoisotopic (exact) mass is 453 g/mol. The largest absolute Gasteiger partial charge is 0.497 e. The number of nitrogens with zero attached hydrogens (tertiary/aromatic N) is 2. The lowest BCUT2D eigenvalue weighted by Crippen LogP contribution is -2.37. The van der Waals surface area contributed by atoms with Crippen LogP contribution in [0.4, 0.5) is 14.5 Å². The number of amides is 1. The molecule has 0 unspecified atom stereocenters. The average molecular weight is 454 g/mol. The molecule has 1 aliphatic rings. The molecule has 10 heteroatoms. The van der Waals surface area contributed by atoms with Crippen LogP contribution in [0.5, 0.6) is 5.75 Å². The van der Waals surface area contributed by atoms with Crippen LogP contribution < -0.4 is 14.4 Å². The van der Waals surface area contributed by atoms with Gasteiger partial charge in [0.05, 0.1) is 12.0 Å². The Balaban J connectivity index is 1.50. The molecular weight excluding hydrogens is 428 g/mol. The fourth-order valence-corrected chi connectivity index (χ4v) is 4.44. The summed E-state index contributed by atoms with van der Waals surface area (Å²) in [6.07, 6.45) is 0.768. The number of hydrogen-bond donors (Lipinski definition) is 1. The van der Waals surface area contributed by atoms with Crippen LogP contribution in [0.2, 0.25) is 0 Å². The Hall–Kier alpha value is -2.72. The van der Waals surface area contributed by atoms with Gasteiger partial charge in [-0.2, -0.15) is 0 Å². The molecule has 1 amide bonds. The van der Waals surface area contributed by atoms with E-state index in [1.54, 1.807) is 12.0 Å². The standard InChI is InChI=1S/C21H25F2N3O4S/c1-30-17-5-3-16(4-6-17)25-11-2-12-26(14-13-25)21(27)9-10-24-31(28,29)18-7-8-19(22)20(23)15-18/h3-8,15,24H,2,9-14H2,1H3. The van der Waals surface area contributed by atoms with Crippen LogP contribution in [-0.4, -0.2) is 59.1 Å². The van der Waals surface area contributed by atoms with E-state index in [2.05, 4.69) is 9.62 Å². The molecule has 168 valence electrons. The van der Waals surface area contributed by atoms with Crippen molar-refractivity contribution in [2.75, 3.05) is 44.7 Å². The molecule has 0 radical (unpaired) electrons. The summed E-state index contributed by atoms with van der Waals surface area (Å²) < 4.78 is 58.2. The topological polar surface area (TPSA) is 79.0 Å². The number of carbonyl (C=O) groups is 1. The van der Waals surface area contributed by atoms with Gasteiger partial charge in [0.1, 0.15) is 5.75 Å². The molecule has 0 aromatic heterocycles. The van der Waals surface area contributed by atoms with Crippen LogP contribution in [0, 0.1) is 11.6 Å². The number of nitrogens with one attached hydrogen (secondary N) is 1. The van der Waals surface area contributed by atoms with Gasteiger partial charge in [-0.25, -0.2) is 21.9 Å². The molecule has 1 saturated heterocycles. The zero-order chi connectivity index (χ0) is 22.4. The third-order valence-corrected chi connectivity index (χ3v) is 6.58. The van der Waals surface area contributed by atoms with Crippen LogP contribution in [0.25, 0.3) is 0 Å². The summed E-state index contributed by atoms with van der Waals surface area (Å²) in [4.78, 5) is 16.1. The van der Waals surface area contributed by atoms with Crippen LogP contribution in [-0.2, 0) is 14.8 Å². The van der Waals surface area contributed by atoms with E-state index in [1.807, 2.05) is 24.3 Å². The number of benzene rings is 2. The zero-order valence-corrected chi connectivity index (χ0v) is 18.0. The molecule has 31 heavy (non-hydrogen) atoms. The van der Waals surface area contributed by atoms with E-state index >= 15 is 0 Å². The average Bonchev–Trinajstić information content (AvgIpc) is 3.02. The van der Waals surface area contributed by atoms with Crippen LogP contribution in [0.1, 0.15) is 12.8 Å². The summed E-state index contributed by atoms with van der Waals surface area (Å²) in [7, 11) is -2.42. The fourth-order valence-electron chi connectivity index (χ4n) is 3.40. The number of sulfonamides is 1. The van der Waals surface area contributed by atoms with Crippen molar-refractivity contribution in [2.45, 2.75) is 17.7 Å². The summed E-state index contributed by atoms with van der Waals surface area (Å²) in [6, 6.07) is 10.1. The van der Waals surface area contributed by atoms with E-state index in [4.69, 9.17) is 4.74 Å². The maximum absolute atomic E-state index is 13.3. The Morgan fingerprint density at radius 1 is 1.03 bits per heavy atom. The number of halogens is 2. The molecule has 0 spiro atoms. The maximum atomic E-state index is 13.3. The van der Waals surface area contributed by atoms with Gasteiger partial charge in [0.2, 0.25) is 15.9 Å². The zero-order valence-electron chi connectivity index (χ0n) is 17.2. The number of methoxy groups -OCH3 is 1. The lowest BCUT2D eigenvalue weighted by molar-refractivity contribution is -0.130. The molecule has 0 bridgehead atoms. The van der Waals surface area contributed by atoms with E-state index in [1.165, 1.54) is 0 Å². The lowest BCUT2D eigenvalue weighted by Gasteiger charge is -2.24. The Labute approximate surface area is 180 Å². The van der Waals surface area contributed by atoms with Crippen molar-refractivity contribution in [1.29, 1.82) is 0 Å². The number of ether oxygens (including phenoxy) is 1. The minimum absolute atomic E-state index is 0.0224. The Morgan fingerprint density at radius 2 is 1.77 bits per heavy atom. The predicted molar refractivity (Wildman–Crippen MR) is 113 cm³/mol. The van der Waals surface area contributed by atoms with Gasteiger partial charge in [-0.15, -0.1) is 0 Å². The van der Waals surface area contributed by atoms with Crippen LogP contribution >= 0.6 is 0 Å². The van der Waals surface area contributed by atoms with E-state index < -0.39 is 21.7 Å². The molecule has 2 aromatic carbocycles. The summed E-state index contributed by atoms with van der Waals surface area (Å²) in [5, 5.41) is 0. The van der Waals surface area contributed by atoms with Crippen LogP contribution in [0.3, 0.4) is 0 Å². The van der Waals surface area contributed by atoms with Gasteiger partial charge in [-0.1, -0.05) is 0 Å². The van der Waals surface area contributed by atoms with Crippen molar-refractivity contribution in [3.8, 4) is 5.75 Å². The van der Waals surface area contributed by atoms with Crippen molar-refractivity contribution in [2.24, 2.45) is 0 Å². The molecule has 1 aliphatic heterocycles. The summed E-state index contributed by atoms with van der Waals surface area (Å²) >= 11 is 0. The van der Waals surface area contributed by atoms with Crippen molar-refractivity contribution in [1.82, 2.24) is 9.62 Å². The molecule has 0 atom stereocenters.